The summed E-state index contributed by atoms with van der Waals surface area (Å²) in [7, 11) is 3.26. The summed E-state index contributed by atoms with van der Waals surface area (Å²) >= 11 is 3.53. The van der Waals surface area contributed by atoms with Crippen LogP contribution in [0.4, 0.5) is 0 Å². The number of nitrogens with zero attached hydrogens (tertiary/aromatic N) is 1. The summed E-state index contributed by atoms with van der Waals surface area (Å²) < 4.78 is 11.5. The molecule has 0 atom stereocenters. The van der Waals surface area contributed by atoms with Crippen LogP contribution < -0.4 is 14.8 Å². The molecule has 1 aromatic heterocycles. The van der Waals surface area contributed by atoms with Gasteiger partial charge in [0.2, 0.25) is 0 Å². The van der Waals surface area contributed by atoms with Gasteiger partial charge in [-0.3, -0.25) is 0 Å². The molecule has 0 saturated heterocycles. The van der Waals surface area contributed by atoms with E-state index in [2.05, 4.69) is 31.2 Å². The van der Waals surface area contributed by atoms with E-state index in [-0.39, 0.29) is 0 Å². The van der Waals surface area contributed by atoms with Gasteiger partial charge >= 0.3 is 0 Å². The third-order valence-corrected chi connectivity index (χ3v) is 3.48. The number of rotatable bonds is 6. The fourth-order valence-corrected chi connectivity index (χ4v) is 2.21. The summed E-state index contributed by atoms with van der Waals surface area (Å²) in [6.07, 6.45) is 3.47. The Morgan fingerprint density at radius 1 is 1.21 bits per heavy atom. The Morgan fingerprint density at radius 2 is 1.95 bits per heavy atom. The predicted molar refractivity (Wildman–Crippen MR) is 76.4 cm³/mol. The van der Waals surface area contributed by atoms with E-state index in [4.69, 9.17) is 9.47 Å². The van der Waals surface area contributed by atoms with Crippen LogP contribution in [0.3, 0.4) is 0 Å². The van der Waals surface area contributed by atoms with Gasteiger partial charge in [0.1, 0.15) is 0 Å². The average Bonchev–Trinajstić information content (AvgIpc) is 2.93. The van der Waals surface area contributed by atoms with Crippen molar-refractivity contribution < 1.29 is 9.47 Å². The van der Waals surface area contributed by atoms with E-state index in [9.17, 15) is 0 Å². The van der Waals surface area contributed by atoms with Crippen LogP contribution >= 0.6 is 15.9 Å². The number of H-pyrrole nitrogens is 1. The Kier molecular flexibility index (Phi) is 4.81. The van der Waals surface area contributed by atoms with E-state index in [1.165, 1.54) is 0 Å². The van der Waals surface area contributed by atoms with Crippen LogP contribution in [-0.2, 0) is 13.1 Å². The molecule has 0 spiro atoms. The fraction of sp³-hybridized carbons (Fsp3) is 0.308. The number of benzene rings is 1. The van der Waals surface area contributed by atoms with E-state index >= 15 is 0 Å². The van der Waals surface area contributed by atoms with Crippen LogP contribution in [0.1, 0.15) is 11.3 Å². The number of hydrogen-bond acceptors (Lipinski definition) is 4. The third-order valence-electron chi connectivity index (χ3n) is 2.74. The zero-order valence-electron chi connectivity index (χ0n) is 10.9. The summed E-state index contributed by atoms with van der Waals surface area (Å²) in [6.45, 7) is 1.46. The van der Waals surface area contributed by atoms with E-state index in [1.54, 1.807) is 26.7 Å². The molecule has 0 fully saturated rings. The molecular weight excluding hydrogens is 310 g/mol. The van der Waals surface area contributed by atoms with Crippen LogP contribution in [0, 0.1) is 0 Å². The summed E-state index contributed by atoms with van der Waals surface area (Å²) in [4.78, 5) is 7.02. The number of aromatic nitrogens is 2. The molecule has 0 radical (unpaired) electrons. The second-order valence-corrected chi connectivity index (χ2v) is 4.83. The number of ether oxygens (including phenoxy) is 2. The Bertz CT molecular complexity index is 529. The van der Waals surface area contributed by atoms with Crippen LogP contribution in [0.5, 0.6) is 11.5 Å². The number of nitrogens with one attached hydrogen (secondary N) is 2. The van der Waals surface area contributed by atoms with Crippen molar-refractivity contribution >= 4 is 15.9 Å². The lowest BCUT2D eigenvalue weighted by atomic mass is 10.2. The van der Waals surface area contributed by atoms with Crippen molar-refractivity contribution in [1.82, 2.24) is 15.3 Å². The normalized spacial score (nSPS) is 10.5. The predicted octanol–water partition coefficient (Wildman–Crippen LogP) is 2.48. The van der Waals surface area contributed by atoms with Crippen molar-refractivity contribution in [2.45, 2.75) is 13.1 Å². The minimum atomic E-state index is 0.715. The van der Waals surface area contributed by atoms with E-state index in [0.29, 0.717) is 5.75 Å². The maximum atomic E-state index is 5.29. The van der Waals surface area contributed by atoms with Gasteiger partial charge in [-0.05, 0) is 17.7 Å². The minimum Gasteiger partial charge on any atom is -0.493 e. The molecule has 0 bridgehead atoms. The molecule has 2 rings (SSSR count). The Hall–Kier alpha value is -1.53. The Balaban J connectivity index is 2.03. The highest BCUT2D eigenvalue weighted by Crippen LogP contribution is 2.33. The Labute approximate surface area is 120 Å². The molecule has 0 aliphatic carbocycles. The van der Waals surface area contributed by atoms with Gasteiger partial charge in [0.25, 0.3) is 0 Å². The van der Waals surface area contributed by atoms with Gasteiger partial charge in [0, 0.05) is 29.5 Å². The third kappa shape index (κ3) is 3.48. The SMILES string of the molecule is COc1cc(Br)c(CNCc2cnc[nH]2)cc1OC. The highest BCUT2D eigenvalue weighted by atomic mass is 79.9. The van der Waals surface area contributed by atoms with Gasteiger partial charge in [-0.1, -0.05) is 15.9 Å². The molecule has 1 aromatic carbocycles. The summed E-state index contributed by atoms with van der Waals surface area (Å²) in [5.74, 6) is 1.44. The minimum absolute atomic E-state index is 0.715. The Morgan fingerprint density at radius 3 is 2.58 bits per heavy atom. The van der Waals surface area contributed by atoms with Crippen LogP contribution in [0.15, 0.2) is 29.1 Å². The van der Waals surface area contributed by atoms with Crippen molar-refractivity contribution in [3.8, 4) is 11.5 Å². The number of methoxy groups -OCH3 is 2. The first-order valence-electron chi connectivity index (χ1n) is 5.83. The molecule has 19 heavy (non-hydrogen) atoms. The van der Waals surface area contributed by atoms with Crippen molar-refractivity contribution in [2.24, 2.45) is 0 Å². The summed E-state index contributed by atoms with van der Waals surface area (Å²) in [5, 5.41) is 3.34. The molecule has 2 N–H and O–H groups in total. The molecule has 0 aliphatic heterocycles. The smallest absolute Gasteiger partial charge is 0.161 e. The molecule has 0 saturated carbocycles. The van der Waals surface area contributed by atoms with Crippen molar-refractivity contribution in [2.75, 3.05) is 14.2 Å². The molecule has 5 nitrogen and oxygen atoms in total. The molecular formula is C13H16BrN3O2. The van der Waals surface area contributed by atoms with Crippen LogP contribution in [0.25, 0.3) is 0 Å². The number of halogens is 1. The highest BCUT2D eigenvalue weighted by molar-refractivity contribution is 9.10. The molecule has 0 unspecified atom stereocenters. The van der Waals surface area contributed by atoms with Gasteiger partial charge in [-0.25, -0.2) is 4.98 Å². The average molecular weight is 326 g/mol. The first-order chi connectivity index (χ1) is 9.24. The quantitative estimate of drug-likeness (QED) is 0.856. The molecule has 1 heterocycles. The molecule has 102 valence electrons. The monoisotopic (exact) mass is 325 g/mol. The number of aromatic amines is 1. The summed E-state index contributed by atoms with van der Waals surface area (Å²) in [6, 6.07) is 3.87. The maximum Gasteiger partial charge on any atom is 0.161 e. The van der Waals surface area contributed by atoms with Crippen LogP contribution in [0.2, 0.25) is 0 Å². The topological polar surface area (TPSA) is 59.2 Å². The first-order valence-corrected chi connectivity index (χ1v) is 6.62. The highest BCUT2D eigenvalue weighted by Gasteiger charge is 2.09. The fourth-order valence-electron chi connectivity index (χ4n) is 1.74. The molecule has 6 heteroatoms. The lowest BCUT2D eigenvalue weighted by molar-refractivity contribution is 0.354. The number of imidazole rings is 1. The van der Waals surface area contributed by atoms with Gasteiger partial charge < -0.3 is 19.8 Å². The van der Waals surface area contributed by atoms with Gasteiger partial charge in [0.15, 0.2) is 11.5 Å². The van der Waals surface area contributed by atoms with E-state index in [0.717, 1.165) is 34.6 Å². The van der Waals surface area contributed by atoms with Crippen molar-refractivity contribution in [3.05, 3.63) is 40.4 Å². The second kappa shape index (κ2) is 6.58. The molecule has 0 aliphatic rings. The lowest BCUT2D eigenvalue weighted by Crippen LogP contribution is -2.13. The molecule has 0 amide bonds. The zero-order chi connectivity index (χ0) is 13.7. The standard InChI is InChI=1S/C13H16BrN3O2/c1-18-12-3-9(11(14)4-13(12)19-2)5-15-6-10-7-16-8-17-10/h3-4,7-8,15H,5-6H2,1-2H3,(H,16,17). The summed E-state index contributed by atoms with van der Waals surface area (Å²) in [5.41, 5.74) is 2.16. The second-order valence-electron chi connectivity index (χ2n) is 3.98. The van der Waals surface area contributed by atoms with Gasteiger partial charge in [-0.15, -0.1) is 0 Å². The van der Waals surface area contributed by atoms with Gasteiger partial charge in [0.05, 0.1) is 20.5 Å². The zero-order valence-corrected chi connectivity index (χ0v) is 12.5. The van der Waals surface area contributed by atoms with Crippen molar-refractivity contribution in [1.29, 1.82) is 0 Å². The van der Waals surface area contributed by atoms with Crippen molar-refractivity contribution in [3.63, 3.8) is 0 Å². The largest absolute Gasteiger partial charge is 0.493 e. The number of hydrogen-bond donors (Lipinski definition) is 2. The van der Waals surface area contributed by atoms with Gasteiger partial charge in [-0.2, -0.15) is 0 Å². The molecule has 2 aromatic rings. The van der Waals surface area contributed by atoms with Crippen LogP contribution in [-0.4, -0.2) is 24.2 Å². The van der Waals surface area contributed by atoms with E-state index < -0.39 is 0 Å². The first kappa shape index (κ1) is 13.9. The van der Waals surface area contributed by atoms with E-state index in [1.807, 2.05) is 12.1 Å². The lowest BCUT2D eigenvalue weighted by Gasteiger charge is -2.12. The maximum absolute atomic E-state index is 5.29.